The molecule has 0 unspecified atom stereocenters. The van der Waals surface area contributed by atoms with Gasteiger partial charge in [0.15, 0.2) is 0 Å². The lowest BCUT2D eigenvalue weighted by atomic mass is 9.80. The number of nitrogens with one attached hydrogen (secondary N) is 1. The van der Waals surface area contributed by atoms with Crippen molar-refractivity contribution < 1.29 is 4.74 Å². The normalized spacial score (nSPS) is 24.3. The summed E-state index contributed by atoms with van der Waals surface area (Å²) in [7, 11) is 0. The molecule has 19 heavy (non-hydrogen) atoms. The average molecular weight is 260 g/mol. The van der Waals surface area contributed by atoms with Gasteiger partial charge in [-0.3, -0.25) is 4.90 Å². The van der Waals surface area contributed by atoms with Crippen molar-refractivity contribution in [2.24, 2.45) is 0 Å². The molecular formula is C16H24N2O. The fraction of sp³-hybridized carbons (Fsp3) is 0.625. The number of piperazine rings is 1. The lowest BCUT2D eigenvalue weighted by Gasteiger charge is -2.48. The zero-order valence-corrected chi connectivity index (χ0v) is 11.8. The van der Waals surface area contributed by atoms with Crippen LogP contribution in [0, 0.1) is 6.92 Å². The Bertz CT molecular complexity index is 421. The summed E-state index contributed by atoms with van der Waals surface area (Å²) in [6.45, 7) is 8.47. The van der Waals surface area contributed by atoms with Crippen LogP contribution in [0.15, 0.2) is 24.3 Å². The molecule has 0 spiro atoms. The van der Waals surface area contributed by atoms with Gasteiger partial charge in [0, 0.05) is 39.4 Å². The van der Waals surface area contributed by atoms with Crippen LogP contribution in [0.3, 0.4) is 0 Å². The molecular weight excluding hydrogens is 236 g/mol. The van der Waals surface area contributed by atoms with E-state index in [2.05, 4.69) is 41.4 Å². The molecule has 2 heterocycles. The van der Waals surface area contributed by atoms with Crippen molar-refractivity contribution in [1.29, 1.82) is 0 Å². The number of nitrogens with zero attached hydrogens (tertiary/aromatic N) is 1. The monoisotopic (exact) mass is 260 g/mol. The first kappa shape index (κ1) is 13.1. The Morgan fingerprint density at radius 3 is 2.58 bits per heavy atom. The van der Waals surface area contributed by atoms with Crippen LogP contribution < -0.4 is 5.32 Å². The maximum Gasteiger partial charge on any atom is 0.0505 e. The summed E-state index contributed by atoms with van der Waals surface area (Å²) >= 11 is 0. The third kappa shape index (κ3) is 2.55. The van der Waals surface area contributed by atoms with Gasteiger partial charge in [-0.15, -0.1) is 0 Å². The molecule has 0 saturated carbocycles. The smallest absolute Gasteiger partial charge is 0.0505 e. The molecule has 2 fully saturated rings. The first-order valence-corrected chi connectivity index (χ1v) is 7.42. The fourth-order valence-electron chi connectivity index (χ4n) is 3.52. The first-order chi connectivity index (χ1) is 9.31. The summed E-state index contributed by atoms with van der Waals surface area (Å²) in [6, 6.07) is 9.06. The van der Waals surface area contributed by atoms with Crippen molar-refractivity contribution in [2.45, 2.75) is 25.3 Å². The molecule has 3 heteroatoms. The summed E-state index contributed by atoms with van der Waals surface area (Å²) in [4.78, 5) is 2.68. The highest BCUT2D eigenvalue weighted by Gasteiger charge is 2.40. The van der Waals surface area contributed by atoms with Crippen molar-refractivity contribution in [2.75, 3.05) is 39.4 Å². The second kappa shape index (κ2) is 5.61. The third-order valence-electron chi connectivity index (χ3n) is 4.60. The minimum Gasteiger partial charge on any atom is -0.381 e. The molecule has 3 rings (SSSR count). The third-order valence-corrected chi connectivity index (χ3v) is 4.60. The summed E-state index contributed by atoms with van der Waals surface area (Å²) < 4.78 is 5.63. The van der Waals surface area contributed by atoms with Gasteiger partial charge < -0.3 is 10.1 Å². The van der Waals surface area contributed by atoms with E-state index in [9.17, 15) is 0 Å². The Hall–Kier alpha value is -0.900. The number of rotatable bonds is 2. The second-order valence-electron chi connectivity index (χ2n) is 5.75. The summed E-state index contributed by atoms with van der Waals surface area (Å²) in [5.41, 5.74) is 3.04. The van der Waals surface area contributed by atoms with E-state index in [1.165, 1.54) is 11.1 Å². The molecule has 104 valence electrons. The van der Waals surface area contributed by atoms with Crippen molar-refractivity contribution in [3.05, 3.63) is 35.4 Å². The SMILES string of the molecule is Cc1cccc(C2(N3CCNCC3)CCOCC2)c1. The topological polar surface area (TPSA) is 24.5 Å². The van der Waals surface area contributed by atoms with Crippen LogP contribution in [0.4, 0.5) is 0 Å². The lowest BCUT2D eigenvalue weighted by Crippen LogP contribution is -2.56. The molecule has 2 saturated heterocycles. The molecule has 3 nitrogen and oxygen atoms in total. The van der Waals surface area contributed by atoms with E-state index >= 15 is 0 Å². The Morgan fingerprint density at radius 2 is 1.89 bits per heavy atom. The summed E-state index contributed by atoms with van der Waals surface area (Å²) in [5.74, 6) is 0. The maximum atomic E-state index is 5.63. The van der Waals surface area contributed by atoms with Crippen molar-refractivity contribution in [1.82, 2.24) is 10.2 Å². The van der Waals surface area contributed by atoms with E-state index in [0.29, 0.717) is 0 Å². The Labute approximate surface area is 115 Å². The van der Waals surface area contributed by atoms with E-state index in [4.69, 9.17) is 4.74 Å². The van der Waals surface area contributed by atoms with Crippen LogP contribution in [0.5, 0.6) is 0 Å². The van der Waals surface area contributed by atoms with Gasteiger partial charge in [0.25, 0.3) is 0 Å². The average Bonchev–Trinajstić information content (AvgIpc) is 2.49. The highest BCUT2D eigenvalue weighted by molar-refractivity contribution is 5.30. The predicted molar refractivity (Wildman–Crippen MR) is 77.4 cm³/mol. The van der Waals surface area contributed by atoms with E-state index in [1.54, 1.807) is 0 Å². The molecule has 0 radical (unpaired) electrons. The Balaban J connectivity index is 1.95. The van der Waals surface area contributed by atoms with Crippen LogP contribution in [0.25, 0.3) is 0 Å². The van der Waals surface area contributed by atoms with Gasteiger partial charge in [0.1, 0.15) is 0 Å². The van der Waals surface area contributed by atoms with Crippen LogP contribution in [0.2, 0.25) is 0 Å². The number of benzene rings is 1. The second-order valence-corrected chi connectivity index (χ2v) is 5.75. The van der Waals surface area contributed by atoms with Gasteiger partial charge in [0.2, 0.25) is 0 Å². The zero-order chi connectivity index (χ0) is 13.1. The first-order valence-electron chi connectivity index (χ1n) is 7.42. The van der Waals surface area contributed by atoms with Gasteiger partial charge in [-0.2, -0.15) is 0 Å². The van der Waals surface area contributed by atoms with E-state index in [-0.39, 0.29) is 5.54 Å². The van der Waals surface area contributed by atoms with Crippen LogP contribution >= 0.6 is 0 Å². The maximum absolute atomic E-state index is 5.63. The molecule has 1 N–H and O–H groups in total. The van der Waals surface area contributed by atoms with Gasteiger partial charge >= 0.3 is 0 Å². The van der Waals surface area contributed by atoms with Crippen molar-refractivity contribution >= 4 is 0 Å². The van der Waals surface area contributed by atoms with Gasteiger partial charge in [-0.1, -0.05) is 29.8 Å². The molecule has 0 bridgehead atoms. The summed E-state index contributed by atoms with van der Waals surface area (Å²) in [5, 5.41) is 3.46. The van der Waals surface area contributed by atoms with Gasteiger partial charge in [-0.25, -0.2) is 0 Å². The molecule has 0 atom stereocenters. The number of ether oxygens (including phenoxy) is 1. The van der Waals surface area contributed by atoms with E-state index in [0.717, 1.165) is 52.2 Å². The minimum atomic E-state index is 0.201. The van der Waals surface area contributed by atoms with E-state index in [1.807, 2.05) is 0 Å². The predicted octanol–water partition coefficient (Wildman–Crippen LogP) is 1.91. The molecule has 1 aromatic rings. The largest absolute Gasteiger partial charge is 0.381 e. The standard InChI is InChI=1S/C16H24N2O/c1-14-3-2-4-15(13-14)16(5-11-19-12-6-16)18-9-7-17-8-10-18/h2-4,13,17H,5-12H2,1H3. The molecule has 2 aliphatic heterocycles. The molecule has 1 aromatic carbocycles. The lowest BCUT2D eigenvalue weighted by molar-refractivity contribution is -0.0373. The highest BCUT2D eigenvalue weighted by atomic mass is 16.5. The minimum absolute atomic E-state index is 0.201. The van der Waals surface area contributed by atoms with Crippen LogP contribution in [-0.4, -0.2) is 44.3 Å². The van der Waals surface area contributed by atoms with Gasteiger partial charge in [-0.05, 0) is 25.3 Å². The number of hydrogen-bond acceptors (Lipinski definition) is 3. The number of aryl methyl sites for hydroxylation is 1. The Morgan fingerprint density at radius 1 is 1.16 bits per heavy atom. The number of hydrogen-bond donors (Lipinski definition) is 1. The van der Waals surface area contributed by atoms with Crippen LogP contribution in [-0.2, 0) is 10.3 Å². The fourth-order valence-corrected chi connectivity index (χ4v) is 3.52. The van der Waals surface area contributed by atoms with Crippen molar-refractivity contribution in [3.63, 3.8) is 0 Å². The van der Waals surface area contributed by atoms with E-state index < -0.39 is 0 Å². The molecule has 0 aromatic heterocycles. The zero-order valence-electron chi connectivity index (χ0n) is 11.8. The molecule has 2 aliphatic rings. The van der Waals surface area contributed by atoms with Gasteiger partial charge in [0.05, 0.1) is 5.54 Å². The quantitative estimate of drug-likeness (QED) is 0.879. The summed E-state index contributed by atoms with van der Waals surface area (Å²) in [6.07, 6.45) is 2.24. The molecule has 0 amide bonds. The van der Waals surface area contributed by atoms with Crippen LogP contribution in [0.1, 0.15) is 24.0 Å². The highest BCUT2D eigenvalue weighted by Crippen LogP contribution is 2.38. The van der Waals surface area contributed by atoms with Crippen molar-refractivity contribution in [3.8, 4) is 0 Å². The Kier molecular flexibility index (Phi) is 3.87. The molecule has 0 aliphatic carbocycles.